The van der Waals surface area contributed by atoms with Crippen LogP contribution in [0.15, 0.2) is 24.3 Å². The molecule has 0 aliphatic carbocycles. The summed E-state index contributed by atoms with van der Waals surface area (Å²) in [6.07, 6.45) is 0.899. The molecule has 0 aromatic heterocycles. The minimum atomic E-state index is 0.149. The van der Waals surface area contributed by atoms with E-state index in [2.05, 4.69) is 0 Å². The lowest BCUT2D eigenvalue weighted by molar-refractivity contribution is 0.415. The topological polar surface area (TPSA) is 62.3 Å². The van der Waals surface area contributed by atoms with Gasteiger partial charge in [-0.3, -0.25) is 10.4 Å². The summed E-state index contributed by atoms with van der Waals surface area (Å²) in [7, 11) is 1.61. The molecule has 0 radical (unpaired) electrons. The largest absolute Gasteiger partial charge is 0.497 e. The van der Waals surface area contributed by atoms with Gasteiger partial charge in [0, 0.05) is 12.0 Å². The number of amidine groups is 1. The molecule has 16 heavy (non-hydrogen) atoms. The van der Waals surface area contributed by atoms with E-state index in [1.165, 1.54) is 5.01 Å². The normalized spacial score (nSPS) is 12.0. The molecule has 0 fully saturated rings. The molecule has 1 atom stereocenters. The molecule has 1 aromatic carbocycles. The number of hydrogen-bond donors (Lipinski definition) is 2. The minimum absolute atomic E-state index is 0.149. The number of nitrogens with one attached hydrogen (secondary N) is 1. The Labute approximate surface area is 96.5 Å². The number of methoxy groups -OCH3 is 1. The predicted molar refractivity (Wildman–Crippen MR) is 66.8 cm³/mol. The van der Waals surface area contributed by atoms with E-state index in [-0.39, 0.29) is 5.92 Å². The molecule has 1 rings (SSSR count). The van der Waals surface area contributed by atoms with Gasteiger partial charge in [0.25, 0.3) is 0 Å². The number of hydrazine groups is 1. The van der Waals surface area contributed by atoms with Crippen LogP contribution in [0.2, 0.25) is 0 Å². The van der Waals surface area contributed by atoms with Gasteiger partial charge in [-0.1, -0.05) is 19.9 Å². The summed E-state index contributed by atoms with van der Waals surface area (Å²) in [5.74, 6) is 7.19. The fourth-order valence-corrected chi connectivity index (χ4v) is 1.33. The van der Waals surface area contributed by atoms with Crippen molar-refractivity contribution >= 4 is 11.5 Å². The maximum Gasteiger partial charge on any atom is 0.120 e. The van der Waals surface area contributed by atoms with Crippen LogP contribution in [0.4, 0.5) is 5.69 Å². The molecule has 0 heterocycles. The Bertz CT molecular complexity index is 365. The molecular formula is C12H19N3O. The molecule has 0 saturated heterocycles. The van der Waals surface area contributed by atoms with Gasteiger partial charge in [-0.15, -0.1) is 0 Å². The van der Waals surface area contributed by atoms with Gasteiger partial charge in [0.1, 0.15) is 11.6 Å². The third-order valence-electron chi connectivity index (χ3n) is 2.67. The van der Waals surface area contributed by atoms with Crippen LogP contribution >= 0.6 is 0 Å². The summed E-state index contributed by atoms with van der Waals surface area (Å²) in [6, 6.07) is 7.39. The van der Waals surface area contributed by atoms with E-state index < -0.39 is 0 Å². The Balaban J connectivity index is 2.87. The number of ether oxygens (including phenoxy) is 1. The second-order valence-corrected chi connectivity index (χ2v) is 3.77. The lowest BCUT2D eigenvalue weighted by Gasteiger charge is -2.23. The molecule has 1 unspecified atom stereocenters. The van der Waals surface area contributed by atoms with Crippen molar-refractivity contribution in [3.05, 3.63) is 24.3 Å². The second-order valence-electron chi connectivity index (χ2n) is 3.77. The van der Waals surface area contributed by atoms with Crippen LogP contribution in [-0.4, -0.2) is 12.9 Å². The number of nitrogens with two attached hydrogens (primary N) is 1. The van der Waals surface area contributed by atoms with Crippen LogP contribution in [0.25, 0.3) is 0 Å². The molecule has 0 saturated carbocycles. The first-order chi connectivity index (χ1) is 7.60. The zero-order valence-corrected chi connectivity index (χ0v) is 10.0. The van der Waals surface area contributed by atoms with Crippen LogP contribution in [0.1, 0.15) is 20.3 Å². The van der Waals surface area contributed by atoms with Crippen molar-refractivity contribution in [1.29, 1.82) is 5.41 Å². The highest BCUT2D eigenvalue weighted by atomic mass is 16.5. The van der Waals surface area contributed by atoms with Crippen LogP contribution in [0, 0.1) is 11.3 Å². The third-order valence-corrected chi connectivity index (χ3v) is 2.67. The average Bonchev–Trinajstić information content (AvgIpc) is 2.36. The minimum Gasteiger partial charge on any atom is -0.497 e. The van der Waals surface area contributed by atoms with Crippen LogP contribution in [0.3, 0.4) is 0 Å². The van der Waals surface area contributed by atoms with Crippen LogP contribution in [0.5, 0.6) is 5.75 Å². The molecule has 0 aliphatic heterocycles. The van der Waals surface area contributed by atoms with E-state index in [1.807, 2.05) is 38.1 Å². The Kier molecular flexibility index (Phi) is 4.31. The van der Waals surface area contributed by atoms with Crippen molar-refractivity contribution in [1.82, 2.24) is 0 Å². The summed E-state index contributed by atoms with van der Waals surface area (Å²) < 4.78 is 5.12. The molecule has 4 heteroatoms. The molecule has 4 nitrogen and oxygen atoms in total. The smallest absolute Gasteiger partial charge is 0.120 e. The fourth-order valence-electron chi connectivity index (χ4n) is 1.33. The summed E-state index contributed by atoms with van der Waals surface area (Å²) in [4.78, 5) is 0. The maximum absolute atomic E-state index is 7.93. The number of benzene rings is 1. The van der Waals surface area contributed by atoms with Crippen LogP contribution < -0.4 is 15.6 Å². The molecule has 0 bridgehead atoms. The lowest BCUT2D eigenvalue weighted by atomic mass is 10.1. The van der Waals surface area contributed by atoms with E-state index in [9.17, 15) is 0 Å². The van der Waals surface area contributed by atoms with Crippen LogP contribution in [-0.2, 0) is 0 Å². The summed E-state index contributed by atoms with van der Waals surface area (Å²) in [5.41, 5.74) is 0.768. The molecule has 0 spiro atoms. The lowest BCUT2D eigenvalue weighted by Crippen LogP contribution is -2.40. The molecular weight excluding hydrogens is 202 g/mol. The Morgan fingerprint density at radius 1 is 1.56 bits per heavy atom. The molecule has 0 aliphatic rings. The first-order valence-electron chi connectivity index (χ1n) is 5.37. The van der Waals surface area contributed by atoms with E-state index in [4.69, 9.17) is 16.0 Å². The van der Waals surface area contributed by atoms with Gasteiger partial charge in [0.05, 0.1) is 12.8 Å². The first kappa shape index (κ1) is 12.5. The Morgan fingerprint density at radius 2 is 2.25 bits per heavy atom. The van der Waals surface area contributed by atoms with Gasteiger partial charge >= 0.3 is 0 Å². The molecule has 3 N–H and O–H groups in total. The monoisotopic (exact) mass is 221 g/mol. The zero-order chi connectivity index (χ0) is 12.1. The Morgan fingerprint density at radius 3 is 2.81 bits per heavy atom. The van der Waals surface area contributed by atoms with Crippen molar-refractivity contribution in [3.8, 4) is 5.75 Å². The van der Waals surface area contributed by atoms with Crippen molar-refractivity contribution in [3.63, 3.8) is 0 Å². The van der Waals surface area contributed by atoms with Gasteiger partial charge < -0.3 is 4.74 Å². The van der Waals surface area contributed by atoms with Crippen molar-refractivity contribution in [2.24, 2.45) is 11.8 Å². The van der Waals surface area contributed by atoms with Gasteiger partial charge in [0.15, 0.2) is 0 Å². The highest BCUT2D eigenvalue weighted by Crippen LogP contribution is 2.20. The quantitative estimate of drug-likeness (QED) is 0.355. The van der Waals surface area contributed by atoms with E-state index in [1.54, 1.807) is 7.11 Å². The summed E-state index contributed by atoms with van der Waals surface area (Å²) in [5, 5.41) is 9.33. The van der Waals surface area contributed by atoms with Gasteiger partial charge in [-0.25, -0.2) is 5.84 Å². The second kappa shape index (κ2) is 5.51. The van der Waals surface area contributed by atoms with E-state index in [0.717, 1.165) is 17.9 Å². The molecule has 0 amide bonds. The van der Waals surface area contributed by atoms with Crippen molar-refractivity contribution in [2.45, 2.75) is 20.3 Å². The SMILES string of the molecule is CCC(C)C(=N)N(N)c1cccc(OC)c1. The van der Waals surface area contributed by atoms with Gasteiger partial charge in [-0.05, 0) is 18.6 Å². The van der Waals surface area contributed by atoms with E-state index >= 15 is 0 Å². The molecule has 88 valence electrons. The number of hydrogen-bond acceptors (Lipinski definition) is 3. The highest BCUT2D eigenvalue weighted by molar-refractivity contribution is 5.95. The summed E-state index contributed by atoms with van der Waals surface area (Å²) >= 11 is 0. The van der Waals surface area contributed by atoms with E-state index in [0.29, 0.717) is 5.84 Å². The van der Waals surface area contributed by atoms with Crippen molar-refractivity contribution < 1.29 is 4.74 Å². The number of rotatable bonds is 4. The predicted octanol–water partition coefficient (Wildman–Crippen LogP) is 2.40. The fraction of sp³-hybridized carbons (Fsp3) is 0.417. The summed E-state index contributed by atoms with van der Waals surface area (Å²) in [6.45, 7) is 4.03. The standard InChI is InChI=1S/C12H19N3O/c1-4-9(2)12(13)15(14)10-6-5-7-11(8-10)16-3/h5-9,13H,4,14H2,1-3H3. The van der Waals surface area contributed by atoms with Crippen molar-refractivity contribution in [2.75, 3.05) is 12.1 Å². The zero-order valence-electron chi connectivity index (χ0n) is 10.0. The maximum atomic E-state index is 7.93. The van der Waals surface area contributed by atoms with Gasteiger partial charge in [-0.2, -0.15) is 0 Å². The third kappa shape index (κ3) is 2.73. The highest BCUT2D eigenvalue weighted by Gasteiger charge is 2.14. The molecule has 1 aromatic rings. The number of anilines is 1. The number of nitrogens with zero attached hydrogens (tertiary/aromatic N) is 1. The first-order valence-corrected chi connectivity index (χ1v) is 5.37. The van der Waals surface area contributed by atoms with Gasteiger partial charge in [0.2, 0.25) is 0 Å². The average molecular weight is 221 g/mol. The Hall–Kier alpha value is -1.55.